The molecular formula is C32H41Cl2N7O4S. The predicted octanol–water partition coefficient (Wildman–Crippen LogP) is 4.14. The zero-order valence-corrected chi connectivity index (χ0v) is 28.5. The molecule has 1 aromatic heterocycles. The number of carbonyl (C=O) groups excluding carboxylic acids is 1. The molecule has 2 aromatic carbocycles. The Hall–Kier alpha value is -3.16. The number of aryl methyl sites for hydroxylation is 2. The van der Waals surface area contributed by atoms with Gasteiger partial charge in [-0.2, -0.15) is 4.72 Å². The van der Waals surface area contributed by atoms with Gasteiger partial charge in [-0.25, -0.2) is 13.4 Å². The highest BCUT2D eigenvalue weighted by Crippen LogP contribution is 2.37. The Balaban J connectivity index is 1.34. The van der Waals surface area contributed by atoms with E-state index in [2.05, 4.69) is 14.7 Å². The molecule has 5 rings (SSSR count). The number of hydrogen-bond donors (Lipinski definition) is 3. The quantitative estimate of drug-likeness (QED) is 0.163. The van der Waals surface area contributed by atoms with E-state index in [1.165, 1.54) is 12.1 Å². The van der Waals surface area contributed by atoms with Gasteiger partial charge in [0.25, 0.3) is 0 Å². The second-order valence-electron chi connectivity index (χ2n) is 11.9. The van der Waals surface area contributed by atoms with Crippen LogP contribution in [0.2, 0.25) is 10.0 Å². The molecule has 1 saturated carbocycles. The van der Waals surface area contributed by atoms with Gasteiger partial charge in [-0.1, -0.05) is 48.2 Å². The van der Waals surface area contributed by atoms with Gasteiger partial charge in [0.1, 0.15) is 28.3 Å². The number of aliphatic imine (C=N–C) groups is 1. The van der Waals surface area contributed by atoms with E-state index in [-0.39, 0.29) is 27.5 Å². The summed E-state index contributed by atoms with van der Waals surface area (Å²) in [6.45, 7) is 6.74. The smallest absolute Gasteiger partial charge is 0.243 e. The molecule has 1 saturated heterocycles. The number of halogens is 2. The largest absolute Gasteiger partial charge is 0.487 e. The number of para-hydroxylation sites is 1. The summed E-state index contributed by atoms with van der Waals surface area (Å²) in [4.78, 5) is 26.5. The molecule has 1 aliphatic heterocycles. The van der Waals surface area contributed by atoms with Gasteiger partial charge in [0.2, 0.25) is 15.9 Å². The van der Waals surface area contributed by atoms with E-state index in [1.54, 1.807) is 11.0 Å². The number of aromatic nitrogens is 1. The summed E-state index contributed by atoms with van der Waals surface area (Å²) in [7, 11) is -4.24. The number of guanidine groups is 1. The fourth-order valence-electron chi connectivity index (χ4n) is 6.21. The number of nitrogens with zero attached hydrogens (tertiary/aromatic N) is 4. The normalized spacial score (nSPS) is 17.1. The zero-order valence-electron chi connectivity index (χ0n) is 26.2. The summed E-state index contributed by atoms with van der Waals surface area (Å²) in [6, 6.07) is 10.5. The van der Waals surface area contributed by atoms with Crippen molar-refractivity contribution in [3.05, 3.63) is 63.3 Å². The van der Waals surface area contributed by atoms with Crippen LogP contribution >= 0.6 is 23.2 Å². The molecule has 2 aliphatic rings. The summed E-state index contributed by atoms with van der Waals surface area (Å²) >= 11 is 13.3. The molecule has 2 fully saturated rings. The van der Waals surface area contributed by atoms with Crippen LogP contribution in [0.5, 0.6) is 5.75 Å². The highest BCUT2D eigenvalue weighted by Gasteiger charge is 2.47. The van der Waals surface area contributed by atoms with Crippen molar-refractivity contribution in [1.29, 1.82) is 0 Å². The van der Waals surface area contributed by atoms with Crippen LogP contribution in [0.15, 0.2) is 46.3 Å². The number of amides is 1. The number of pyridine rings is 1. The number of benzene rings is 2. The summed E-state index contributed by atoms with van der Waals surface area (Å²) in [5.41, 5.74) is 13.3. The summed E-state index contributed by atoms with van der Waals surface area (Å²) < 4.78 is 36.8. The Morgan fingerprint density at radius 2 is 1.78 bits per heavy atom. The van der Waals surface area contributed by atoms with E-state index in [0.29, 0.717) is 74.9 Å². The van der Waals surface area contributed by atoms with Crippen LogP contribution in [0.3, 0.4) is 0 Å². The van der Waals surface area contributed by atoms with E-state index in [4.69, 9.17) is 39.4 Å². The Bertz CT molecular complexity index is 1740. The molecule has 248 valence electrons. The minimum absolute atomic E-state index is 0.0563. The number of piperazine rings is 1. The third kappa shape index (κ3) is 7.21. The number of ether oxygens (including phenoxy) is 1. The van der Waals surface area contributed by atoms with Crippen molar-refractivity contribution in [2.75, 3.05) is 39.3 Å². The van der Waals surface area contributed by atoms with Crippen molar-refractivity contribution >= 4 is 56.0 Å². The number of rotatable bonds is 10. The lowest BCUT2D eigenvalue weighted by Crippen LogP contribution is -2.62. The molecule has 1 amide bonds. The average molecular weight is 691 g/mol. The molecule has 46 heavy (non-hydrogen) atoms. The van der Waals surface area contributed by atoms with Gasteiger partial charge >= 0.3 is 0 Å². The van der Waals surface area contributed by atoms with Gasteiger partial charge in [0.05, 0.1) is 5.02 Å². The fourth-order valence-corrected chi connectivity index (χ4v) is 8.52. The van der Waals surface area contributed by atoms with E-state index in [0.717, 1.165) is 35.9 Å². The van der Waals surface area contributed by atoms with Gasteiger partial charge < -0.3 is 26.0 Å². The fraction of sp³-hybridized carbons (Fsp3) is 0.469. The van der Waals surface area contributed by atoms with Gasteiger partial charge in [-0.05, 0) is 69.5 Å². The summed E-state index contributed by atoms with van der Waals surface area (Å²) in [6.07, 6.45) is 2.97. The van der Waals surface area contributed by atoms with Crippen molar-refractivity contribution in [3.8, 4) is 5.75 Å². The van der Waals surface area contributed by atoms with Crippen molar-refractivity contribution in [1.82, 2.24) is 19.5 Å². The molecule has 0 atom stereocenters. The molecule has 0 unspecified atom stereocenters. The standard InChI is InChI=1S/C32H41Cl2N7O4S/c1-21-19-22(2)38-29-23(21)7-5-8-26(29)45-20-24-25(33)9-10-27(28(24)34)46(43,44)39-32(11-3-4-12-32)30(42)40-15-17-41(18-16-40)31(36)37-14-6-13-35/h5,7-10,19,39H,3-4,6,11-18,20,35H2,1-2H3,(H2,36,37). The molecule has 5 N–H and O–H groups in total. The van der Waals surface area contributed by atoms with Crippen LogP contribution in [0.4, 0.5) is 0 Å². The van der Waals surface area contributed by atoms with Crippen LogP contribution in [0.1, 0.15) is 48.9 Å². The number of sulfonamides is 1. The number of fused-ring (bicyclic) bond motifs is 1. The maximum absolute atomic E-state index is 14.0. The maximum atomic E-state index is 14.0. The van der Waals surface area contributed by atoms with Crippen molar-refractivity contribution < 1.29 is 17.9 Å². The van der Waals surface area contributed by atoms with Gasteiger partial charge in [0, 0.05) is 54.4 Å². The second-order valence-corrected chi connectivity index (χ2v) is 14.4. The number of nitrogens with one attached hydrogen (secondary N) is 1. The van der Waals surface area contributed by atoms with Crippen LogP contribution < -0.4 is 20.9 Å². The molecule has 1 aliphatic carbocycles. The first kappa shape index (κ1) is 34.2. The van der Waals surface area contributed by atoms with Crippen LogP contribution in [-0.4, -0.2) is 79.9 Å². The van der Waals surface area contributed by atoms with Crippen molar-refractivity contribution in [2.45, 2.75) is 63.0 Å². The van der Waals surface area contributed by atoms with E-state index < -0.39 is 15.6 Å². The highest BCUT2D eigenvalue weighted by molar-refractivity contribution is 7.89. The minimum Gasteiger partial charge on any atom is -0.487 e. The first-order valence-corrected chi connectivity index (χ1v) is 17.7. The van der Waals surface area contributed by atoms with Crippen molar-refractivity contribution in [2.24, 2.45) is 16.5 Å². The first-order chi connectivity index (χ1) is 22.0. The number of nitrogens with two attached hydrogens (primary N) is 2. The second kappa shape index (κ2) is 14.3. The van der Waals surface area contributed by atoms with E-state index >= 15 is 0 Å². The SMILES string of the molecule is Cc1cc(C)c2cccc(OCc3c(Cl)ccc(S(=O)(=O)NC4(C(=O)N5CCN(C(N)=NCCCN)CC5)CCCC4)c3Cl)c2n1. The van der Waals surface area contributed by atoms with Gasteiger partial charge in [0.15, 0.2) is 5.96 Å². The van der Waals surface area contributed by atoms with Gasteiger partial charge in [-0.15, -0.1) is 0 Å². The zero-order chi connectivity index (χ0) is 33.1. The summed E-state index contributed by atoms with van der Waals surface area (Å²) in [5, 5.41) is 1.16. The monoisotopic (exact) mass is 689 g/mol. The molecule has 3 aromatic rings. The molecule has 0 bridgehead atoms. The van der Waals surface area contributed by atoms with Gasteiger partial charge in [-0.3, -0.25) is 9.79 Å². The lowest BCUT2D eigenvalue weighted by molar-refractivity contribution is -0.138. The third-order valence-electron chi connectivity index (χ3n) is 8.67. The van der Waals surface area contributed by atoms with Crippen molar-refractivity contribution in [3.63, 3.8) is 0 Å². The Morgan fingerprint density at radius 3 is 2.48 bits per heavy atom. The highest BCUT2D eigenvalue weighted by atomic mass is 35.5. The number of hydrogen-bond acceptors (Lipinski definition) is 7. The predicted molar refractivity (Wildman–Crippen MR) is 182 cm³/mol. The number of carbonyl (C=O) groups is 1. The first-order valence-electron chi connectivity index (χ1n) is 15.5. The summed E-state index contributed by atoms with van der Waals surface area (Å²) in [5.74, 6) is 0.715. The molecular weight excluding hydrogens is 649 g/mol. The Kier molecular flexibility index (Phi) is 10.6. The minimum atomic E-state index is -4.24. The third-order valence-corrected chi connectivity index (χ3v) is 11.1. The molecule has 0 spiro atoms. The molecule has 14 heteroatoms. The topological polar surface area (TPSA) is 156 Å². The van der Waals surface area contributed by atoms with E-state index in [1.807, 2.05) is 36.9 Å². The van der Waals surface area contributed by atoms with Crippen LogP contribution in [0, 0.1) is 13.8 Å². The van der Waals surface area contributed by atoms with Crippen LogP contribution in [0.25, 0.3) is 10.9 Å². The lowest BCUT2D eigenvalue weighted by Gasteiger charge is -2.40. The van der Waals surface area contributed by atoms with E-state index in [9.17, 15) is 13.2 Å². The average Bonchev–Trinajstić information content (AvgIpc) is 3.49. The lowest BCUT2D eigenvalue weighted by atomic mass is 9.96. The molecule has 11 nitrogen and oxygen atoms in total. The molecule has 0 radical (unpaired) electrons. The molecule has 2 heterocycles. The van der Waals surface area contributed by atoms with Crippen LogP contribution in [-0.2, 0) is 21.4 Å². The Labute approximate surface area is 280 Å². The Morgan fingerprint density at radius 1 is 1.09 bits per heavy atom. The maximum Gasteiger partial charge on any atom is 0.243 e.